The standard InChI is InChI=1S/C26H28ClN3O2/c1-28(2)18-9-7-17(8-10-18)26(23-14-12-20(30(5)6)16-24(23)27)22-13-11-19(29(3)4)15-21(22)25(31)32-26/h7-16H,1-6H3. The lowest BCUT2D eigenvalue weighted by molar-refractivity contribution is 0.0252. The van der Waals surface area contributed by atoms with Crippen molar-refractivity contribution < 1.29 is 9.53 Å². The van der Waals surface area contributed by atoms with Crippen LogP contribution in [0.25, 0.3) is 0 Å². The van der Waals surface area contributed by atoms with Crippen molar-refractivity contribution in [1.29, 1.82) is 0 Å². The van der Waals surface area contributed by atoms with Crippen molar-refractivity contribution in [2.45, 2.75) is 5.60 Å². The summed E-state index contributed by atoms with van der Waals surface area (Å²) < 4.78 is 6.24. The third-order valence-electron chi connectivity index (χ3n) is 6.00. The molecule has 0 N–H and O–H groups in total. The van der Waals surface area contributed by atoms with Crippen molar-refractivity contribution in [3.63, 3.8) is 0 Å². The summed E-state index contributed by atoms with van der Waals surface area (Å²) in [6.07, 6.45) is 0. The van der Waals surface area contributed by atoms with Gasteiger partial charge >= 0.3 is 5.97 Å². The van der Waals surface area contributed by atoms with Crippen LogP contribution >= 0.6 is 11.6 Å². The molecule has 0 saturated heterocycles. The number of anilines is 3. The number of esters is 1. The Morgan fingerprint density at radius 3 is 1.72 bits per heavy atom. The van der Waals surface area contributed by atoms with Crippen LogP contribution < -0.4 is 14.7 Å². The number of hydrogen-bond donors (Lipinski definition) is 0. The predicted molar refractivity (Wildman–Crippen MR) is 133 cm³/mol. The zero-order chi connectivity index (χ0) is 23.2. The van der Waals surface area contributed by atoms with Crippen molar-refractivity contribution in [2.75, 3.05) is 57.0 Å². The van der Waals surface area contributed by atoms with Gasteiger partial charge in [0.1, 0.15) is 0 Å². The van der Waals surface area contributed by atoms with Gasteiger partial charge in [0.2, 0.25) is 0 Å². The minimum Gasteiger partial charge on any atom is -0.441 e. The number of carbonyl (C=O) groups excluding carboxylic acids is 1. The van der Waals surface area contributed by atoms with Crippen molar-refractivity contribution in [3.8, 4) is 0 Å². The van der Waals surface area contributed by atoms with Gasteiger partial charge in [0.25, 0.3) is 0 Å². The highest BCUT2D eigenvalue weighted by atomic mass is 35.5. The highest BCUT2D eigenvalue weighted by Gasteiger charge is 2.49. The van der Waals surface area contributed by atoms with Gasteiger partial charge in [0.05, 0.1) is 10.6 Å². The van der Waals surface area contributed by atoms with Gasteiger partial charge in [-0.15, -0.1) is 0 Å². The summed E-state index contributed by atoms with van der Waals surface area (Å²) in [6, 6.07) is 19.8. The van der Waals surface area contributed by atoms with Gasteiger partial charge in [-0.05, 0) is 36.4 Å². The second-order valence-corrected chi connectivity index (χ2v) is 9.10. The van der Waals surface area contributed by atoms with E-state index in [1.54, 1.807) is 0 Å². The van der Waals surface area contributed by atoms with E-state index in [1.807, 2.05) is 118 Å². The van der Waals surface area contributed by atoms with E-state index in [1.165, 1.54) is 0 Å². The Morgan fingerprint density at radius 2 is 1.19 bits per heavy atom. The summed E-state index contributed by atoms with van der Waals surface area (Å²) in [5.74, 6) is -0.354. The van der Waals surface area contributed by atoms with Gasteiger partial charge in [-0.2, -0.15) is 0 Å². The fourth-order valence-corrected chi connectivity index (χ4v) is 4.48. The summed E-state index contributed by atoms with van der Waals surface area (Å²) in [7, 11) is 11.8. The molecule has 32 heavy (non-hydrogen) atoms. The molecule has 166 valence electrons. The zero-order valence-corrected chi connectivity index (χ0v) is 20.1. The van der Waals surface area contributed by atoms with Crippen LogP contribution in [-0.4, -0.2) is 48.3 Å². The largest absolute Gasteiger partial charge is 0.441 e. The molecule has 5 nitrogen and oxygen atoms in total. The Hall–Kier alpha value is -3.18. The molecule has 0 radical (unpaired) electrons. The SMILES string of the molecule is CN(C)c1ccc(C2(c3ccc(N(C)C)cc3Cl)OC(=O)c3cc(N(C)C)ccc32)cc1. The quantitative estimate of drug-likeness (QED) is 0.512. The van der Waals surface area contributed by atoms with Crippen LogP contribution in [0, 0.1) is 0 Å². The van der Waals surface area contributed by atoms with Crippen LogP contribution in [-0.2, 0) is 10.3 Å². The molecule has 0 amide bonds. The lowest BCUT2D eigenvalue weighted by Gasteiger charge is -2.32. The molecule has 1 aliphatic heterocycles. The second-order valence-electron chi connectivity index (χ2n) is 8.69. The number of benzene rings is 3. The molecule has 1 aliphatic rings. The van der Waals surface area contributed by atoms with Crippen molar-refractivity contribution in [2.24, 2.45) is 0 Å². The van der Waals surface area contributed by atoms with Gasteiger partial charge < -0.3 is 19.4 Å². The van der Waals surface area contributed by atoms with Crippen LogP contribution in [0.2, 0.25) is 5.02 Å². The van der Waals surface area contributed by atoms with Gasteiger partial charge in [-0.25, -0.2) is 4.79 Å². The molecule has 0 bridgehead atoms. The Kier molecular flexibility index (Phi) is 5.55. The summed E-state index contributed by atoms with van der Waals surface area (Å²) in [4.78, 5) is 19.2. The first kappa shape index (κ1) is 22.0. The van der Waals surface area contributed by atoms with Crippen molar-refractivity contribution in [1.82, 2.24) is 0 Å². The maximum absolute atomic E-state index is 13.2. The Balaban J connectivity index is 1.99. The Morgan fingerprint density at radius 1 is 0.688 bits per heavy atom. The van der Waals surface area contributed by atoms with Gasteiger partial charge in [-0.3, -0.25) is 0 Å². The summed E-state index contributed by atoms with van der Waals surface area (Å²) in [5.41, 5.74) is 4.80. The Bertz CT molecular complexity index is 1170. The van der Waals surface area contributed by atoms with E-state index < -0.39 is 5.60 Å². The monoisotopic (exact) mass is 449 g/mol. The number of ether oxygens (including phenoxy) is 1. The first-order valence-corrected chi connectivity index (χ1v) is 10.8. The zero-order valence-electron chi connectivity index (χ0n) is 19.3. The minimum absolute atomic E-state index is 0.354. The second kappa shape index (κ2) is 8.06. The van der Waals surface area contributed by atoms with E-state index >= 15 is 0 Å². The number of rotatable bonds is 5. The molecule has 3 aromatic rings. The molecule has 0 saturated carbocycles. The summed E-state index contributed by atoms with van der Waals surface area (Å²) in [6.45, 7) is 0. The fourth-order valence-electron chi connectivity index (χ4n) is 4.17. The number of halogens is 1. The minimum atomic E-state index is -1.12. The van der Waals surface area contributed by atoms with E-state index in [-0.39, 0.29) is 5.97 Å². The number of fused-ring (bicyclic) bond motifs is 1. The molecule has 0 fully saturated rings. The maximum atomic E-state index is 13.2. The van der Waals surface area contributed by atoms with Crippen LogP contribution in [0.15, 0.2) is 60.7 Å². The maximum Gasteiger partial charge on any atom is 0.340 e. The fraction of sp³-hybridized carbons (Fsp3) is 0.269. The molecule has 6 heteroatoms. The van der Waals surface area contributed by atoms with E-state index in [0.29, 0.717) is 10.6 Å². The van der Waals surface area contributed by atoms with E-state index in [0.717, 1.165) is 33.8 Å². The smallest absolute Gasteiger partial charge is 0.340 e. The Labute approximate surface area is 194 Å². The van der Waals surface area contributed by atoms with E-state index in [4.69, 9.17) is 16.3 Å². The normalized spacial score (nSPS) is 17.0. The van der Waals surface area contributed by atoms with E-state index in [9.17, 15) is 4.79 Å². The lowest BCUT2D eigenvalue weighted by atomic mass is 9.79. The molecule has 3 aromatic carbocycles. The average Bonchev–Trinajstić information content (AvgIpc) is 3.06. The van der Waals surface area contributed by atoms with Crippen molar-refractivity contribution >= 4 is 34.6 Å². The number of nitrogens with zero attached hydrogens (tertiary/aromatic N) is 3. The number of hydrogen-bond acceptors (Lipinski definition) is 5. The van der Waals surface area contributed by atoms with Gasteiger partial charge in [0, 0.05) is 76.0 Å². The lowest BCUT2D eigenvalue weighted by Crippen LogP contribution is -2.30. The first-order valence-electron chi connectivity index (χ1n) is 10.5. The van der Waals surface area contributed by atoms with Gasteiger partial charge in [0.15, 0.2) is 5.60 Å². The number of cyclic esters (lactones) is 1. The molecule has 0 aliphatic carbocycles. The van der Waals surface area contributed by atoms with E-state index in [2.05, 4.69) is 0 Å². The molecule has 1 heterocycles. The third-order valence-corrected chi connectivity index (χ3v) is 6.32. The highest BCUT2D eigenvalue weighted by molar-refractivity contribution is 6.32. The molecular formula is C26H28ClN3O2. The molecule has 0 aromatic heterocycles. The average molecular weight is 450 g/mol. The topological polar surface area (TPSA) is 36.0 Å². The summed E-state index contributed by atoms with van der Waals surface area (Å²) >= 11 is 6.84. The predicted octanol–water partition coefficient (Wildman–Crippen LogP) is 5.00. The molecule has 0 spiro atoms. The van der Waals surface area contributed by atoms with Crippen LogP contribution in [0.4, 0.5) is 17.1 Å². The molecular weight excluding hydrogens is 422 g/mol. The third kappa shape index (κ3) is 3.47. The summed E-state index contributed by atoms with van der Waals surface area (Å²) in [5, 5.41) is 0.547. The van der Waals surface area contributed by atoms with Crippen molar-refractivity contribution in [3.05, 3.63) is 87.9 Å². The highest BCUT2D eigenvalue weighted by Crippen LogP contribution is 2.50. The van der Waals surface area contributed by atoms with Gasteiger partial charge in [-0.1, -0.05) is 35.9 Å². The first-order chi connectivity index (χ1) is 15.1. The molecule has 4 rings (SSSR count). The van der Waals surface area contributed by atoms with Crippen LogP contribution in [0.5, 0.6) is 0 Å². The molecule has 1 unspecified atom stereocenters. The van der Waals surface area contributed by atoms with Crippen LogP contribution in [0.1, 0.15) is 27.0 Å². The molecule has 1 atom stereocenters. The number of carbonyl (C=O) groups is 1. The van der Waals surface area contributed by atoms with Crippen LogP contribution in [0.3, 0.4) is 0 Å².